The average Bonchev–Trinajstić information content (AvgIpc) is 2.52. The minimum atomic E-state index is -0.521. The normalized spacial score (nSPS) is 21.0. The molecule has 1 saturated heterocycles. The summed E-state index contributed by atoms with van der Waals surface area (Å²) < 4.78 is 16.9. The molecule has 1 heterocycles. The van der Waals surface area contributed by atoms with Crippen LogP contribution in [0.2, 0.25) is 0 Å². The molecule has 2 atom stereocenters. The lowest BCUT2D eigenvalue weighted by Crippen LogP contribution is -2.44. The molecule has 0 amide bonds. The highest BCUT2D eigenvalue weighted by molar-refractivity contribution is 5.43. The van der Waals surface area contributed by atoms with Crippen molar-refractivity contribution in [3.05, 3.63) is 23.8 Å². The van der Waals surface area contributed by atoms with Gasteiger partial charge in [0.2, 0.25) is 0 Å². The van der Waals surface area contributed by atoms with Crippen LogP contribution >= 0.6 is 0 Å². The zero-order valence-electron chi connectivity index (χ0n) is 13.0. The second-order valence-corrected chi connectivity index (χ2v) is 5.28. The molecule has 2 rings (SSSR count). The standard InChI is InChI=1S/C16H25NO4/c1-4-17-7-8-20-14(10-17)11-21-15-6-5-13(12(2)18)9-16(15)19-3/h5-6,9,12,14,18H,4,7-8,10-11H2,1-3H3. The third kappa shape index (κ3) is 4.33. The Bertz CT molecular complexity index is 450. The number of morpholine rings is 1. The zero-order chi connectivity index (χ0) is 15.2. The van der Waals surface area contributed by atoms with Crippen molar-refractivity contribution >= 4 is 0 Å². The first-order valence-electron chi connectivity index (χ1n) is 7.46. The highest BCUT2D eigenvalue weighted by Gasteiger charge is 2.20. The summed E-state index contributed by atoms with van der Waals surface area (Å²) in [6.07, 6.45) is -0.437. The zero-order valence-corrected chi connectivity index (χ0v) is 13.0. The minimum Gasteiger partial charge on any atom is -0.493 e. The van der Waals surface area contributed by atoms with Crippen molar-refractivity contribution in [2.24, 2.45) is 0 Å². The number of nitrogens with zero attached hydrogens (tertiary/aromatic N) is 1. The lowest BCUT2D eigenvalue weighted by molar-refractivity contribution is -0.0466. The Kier molecular flexibility index (Phi) is 5.85. The van der Waals surface area contributed by atoms with E-state index in [1.54, 1.807) is 20.1 Å². The summed E-state index contributed by atoms with van der Waals surface area (Å²) in [5.41, 5.74) is 0.810. The molecule has 0 aliphatic carbocycles. The third-order valence-corrected chi connectivity index (χ3v) is 3.76. The van der Waals surface area contributed by atoms with Gasteiger partial charge in [-0.2, -0.15) is 0 Å². The van der Waals surface area contributed by atoms with Gasteiger partial charge in [-0.1, -0.05) is 13.0 Å². The van der Waals surface area contributed by atoms with Crippen molar-refractivity contribution in [1.82, 2.24) is 4.90 Å². The smallest absolute Gasteiger partial charge is 0.161 e. The minimum absolute atomic E-state index is 0.0832. The van der Waals surface area contributed by atoms with Crippen LogP contribution in [0, 0.1) is 0 Å². The van der Waals surface area contributed by atoms with E-state index in [9.17, 15) is 5.11 Å². The molecule has 2 unspecified atom stereocenters. The quantitative estimate of drug-likeness (QED) is 0.868. The molecule has 118 valence electrons. The van der Waals surface area contributed by atoms with Crippen molar-refractivity contribution in [3.63, 3.8) is 0 Å². The number of aliphatic hydroxyl groups excluding tert-OH is 1. The van der Waals surface area contributed by atoms with Crippen molar-refractivity contribution in [3.8, 4) is 11.5 Å². The van der Waals surface area contributed by atoms with Crippen molar-refractivity contribution in [2.75, 3.05) is 40.0 Å². The molecular formula is C16H25NO4. The topological polar surface area (TPSA) is 51.2 Å². The number of benzene rings is 1. The summed E-state index contributed by atoms with van der Waals surface area (Å²) in [7, 11) is 1.60. The van der Waals surface area contributed by atoms with Gasteiger partial charge >= 0.3 is 0 Å². The van der Waals surface area contributed by atoms with E-state index in [4.69, 9.17) is 14.2 Å². The molecule has 5 nitrogen and oxygen atoms in total. The van der Waals surface area contributed by atoms with Crippen LogP contribution < -0.4 is 9.47 Å². The van der Waals surface area contributed by atoms with Crippen LogP contribution in [-0.4, -0.2) is 56.1 Å². The van der Waals surface area contributed by atoms with Gasteiger partial charge in [0.15, 0.2) is 11.5 Å². The molecule has 1 aromatic rings. The fourth-order valence-corrected chi connectivity index (χ4v) is 2.41. The molecule has 0 spiro atoms. The van der Waals surface area contributed by atoms with Crippen LogP contribution in [0.25, 0.3) is 0 Å². The Morgan fingerprint density at radius 2 is 2.24 bits per heavy atom. The molecule has 0 saturated carbocycles. The van der Waals surface area contributed by atoms with Crippen molar-refractivity contribution in [2.45, 2.75) is 26.1 Å². The molecular weight excluding hydrogens is 270 g/mol. The maximum absolute atomic E-state index is 9.60. The number of methoxy groups -OCH3 is 1. The van der Waals surface area contributed by atoms with Crippen LogP contribution in [0.5, 0.6) is 11.5 Å². The molecule has 21 heavy (non-hydrogen) atoms. The van der Waals surface area contributed by atoms with Gasteiger partial charge in [0.25, 0.3) is 0 Å². The van der Waals surface area contributed by atoms with Gasteiger partial charge in [-0.15, -0.1) is 0 Å². The molecule has 0 bridgehead atoms. The van der Waals surface area contributed by atoms with E-state index in [-0.39, 0.29) is 6.10 Å². The first kappa shape index (κ1) is 16.1. The van der Waals surface area contributed by atoms with E-state index in [1.807, 2.05) is 12.1 Å². The van der Waals surface area contributed by atoms with E-state index in [0.29, 0.717) is 18.1 Å². The Hall–Kier alpha value is -1.30. The molecule has 1 fully saturated rings. The van der Waals surface area contributed by atoms with E-state index in [1.165, 1.54) is 0 Å². The fourth-order valence-electron chi connectivity index (χ4n) is 2.41. The van der Waals surface area contributed by atoms with Gasteiger partial charge in [0, 0.05) is 13.1 Å². The summed E-state index contributed by atoms with van der Waals surface area (Å²) in [5.74, 6) is 1.32. The second-order valence-electron chi connectivity index (χ2n) is 5.28. The van der Waals surface area contributed by atoms with Crippen LogP contribution in [0.1, 0.15) is 25.5 Å². The molecule has 1 aromatic carbocycles. The molecule has 1 aliphatic heterocycles. The SMILES string of the molecule is CCN1CCOC(COc2ccc(C(C)O)cc2OC)C1. The number of likely N-dealkylation sites (N-methyl/N-ethyl adjacent to an activating group) is 1. The first-order chi connectivity index (χ1) is 10.1. The number of ether oxygens (including phenoxy) is 3. The van der Waals surface area contributed by atoms with E-state index in [0.717, 1.165) is 31.8 Å². The third-order valence-electron chi connectivity index (χ3n) is 3.76. The Morgan fingerprint density at radius 1 is 1.43 bits per heavy atom. The average molecular weight is 295 g/mol. The van der Waals surface area contributed by atoms with Crippen LogP contribution in [-0.2, 0) is 4.74 Å². The number of hydrogen-bond donors (Lipinski definition) is 1. The van der Waals surface area contributed by atoms with Gasteiger partial charge in [0.1, 0.15) is 12.7 Å². The van der Waals surface area contributed by atoms with Crippen LogP contribution in [0.3, 0.4) is 0 Å². The van der Waals surface area contributed by atoms with Gasteiger partial charge in [-0.25, -0.2) is 0 Å². The Morgan fingerprint density at radius 3 is 2.90 bits per heavy atom. The maximum atomic E-state index is 9.60. The maximum Gasteiger partial charge on any atom is 0.161 e. The molecule has 5 heteroatoms. The summed E-state index contributed by atoms with van der Waals surface area (Å²) >= 11 is 0. The number of hydrogen-bond acceptors (Lipinski definition) is 5. The number of aliphatic hydroxyl groups is 1. The lowest BCUT2D eigenvalue weighted by atomic mass is 10.1. The first-order valence-corrected chi connectivity index (χ1v) is 7.46. The lowest BCUT2D eigenvalue weighted by Gasteiger charge is -2.31. The van der Waals surface area contributed by atoms with Gasteiger partial charge in [-0.05, 0) is 31.2 Å². The van der Waals surface area contributed by atoms with E-state index in [2.05, 4.69) is 11.8 Å². The molecule has 1 N–H and O–H groups in total. The summed E-state index contributed by atoms with van der Waals surface area (Å²) in [6, 6.07) is 5.49. The second kappa shape index (κ2) is 7.64. The van der Waals surface area contributed by atoms with Crippen LogP contribution in [0.15, 0.2) is 18.2 Å². The van der Waals surface area contributed by atoms with Crippen molar-refractivity contribution < 1.29 is 19.3 Å². The van der Waals surface area contributed by atoms with Gasteiger partial charge in [0.05, 0.1) is 19.8 Å². The highest BCUT2D eigenvalue weighted by atomic mass is 16.5. The summed E-state index contributed by atoms with van der Waals surface area (Å²) in [5, 5.41) is 9.60. The Balaban J connectivity index is 1.96. The van der Waals surface area contributed by atoms with E-state index >= 15 is 0 Å². The van der Waals surface area contributed by atoms with Gasteiger partial charge < -0.3 is 19.3 Å². The summed E-state index contributed by atoms with van der Waals surface area (Å²) in [6.45, 7) is 8.04. The highest BCUT2D eigenvalue weighted by Crippen LogP contribution is 2.30. The molecule has 0 aromatic heterocycles. The molecule has 1 aliphatic rings. The Labute approximate surface area is 126 Å². The van der Waals surface area contributed by atoms with Crippen LogP contribution in [0.4, 0.5) is 0 Å². The predicted octanol–water partition coefficient (Wildman–Crippen LogP) is 1.85. The number of rotatable bonds is 6. The predicted molar refractivity (Wildman–Crippen MR) is 81.0 cm³/mol. The van der Waals surface area contributed by atoms with Gasteiger partial charge in [-0.3, -0.25) is 4.90 Å². The van der Waals surface area contributed by atoms with E-state index < -0.39 is 6.10 Å². The fraction of sp³-hybridized carbons (Fsp3) is 0.625. The molecule has 0 radical (unpaired) electrons. The monoisotopic (exact) mass is 295 g/mol. The summed E-state index contributed by atoms with van der Waals surface area (Å²) in [4.78, 5) is 2.35. The van der Waals surface area contributed by atoms with Crippen molar-refractivity contribution in [1.29, 1.82) is 0 Å². The largest absolute Gasteiger partial charge is 0.493 e.